The number of hydrazone groups is 1. The molecule has 0 saturated carbocycles. The van der Waals surface area contributed by atoms with Gasteiger partial charge in [-0.25, -0.2) is 10.4 Å². The van der Waals surface area contributed by atoms with Gasteiger partial charge in [-0.3, -0.25) is 9.78 Å². The molecule has 0 bridgehead atoms. The summed E-state index contributed by atoms with van der Waals surface area (Å²) in [5.41, 5.74) is 5.46. The van der Waals surface area contributed by atoms with Crippen molar-refractivity contribution in [2.75, 3.05) is 7.11 Å². The Labute approximate surface area is 187 Å². The molecule has 7 nitrogen and oxygen atoms in total. The summed E-state index contributed by atoms with van der Waals surface area (Å²) < 4.78 is 34.4. The summed E-state index contributed by atoms with van der Waals surface area (Å²) >= 11 is 0. The standard InChI is InChI=1S/C24H18F2N4O3/c1-32-22-11-15(8-9-21(22)33-24(25)26)13-28-30-23(31)18-12-20(16-5-4-10-27-14-16)29-19-7-3-2-6-17(18)19/h2-14,24H,1H3,(H,30,31). The number of pyridine rings is 2. The predicted molar refractivity (Wildman–Crippen MR) is 120 cm³/mol. The molecule has 0 aliphatic heterocycles. The van der Waals surface area contributed by atoms with Crippen molar-refractivity contribution in [1.29, 1.82) is 0 Å². The second-order valence-electron chi connectivity index (χ2n) is 6.80. The Morgan fingerprint density at radius 3 is 2.70 bits per heavy atom. The lowest BCUT2D eigenvalue weighted by atomic mass is 10.0. The van der Waals surface area contributed by atoms with Gasteiger partial charge in [-0.05, 0) is 48.0 Å². The summed E-state index contributed by atoms with van der Waals surface area (Å²) in [6.45, 7) is -2.97. The van der Waals surface area contributed by atoms with E-state index in [-0.39, 0.29) is 11.5 Å². The number of carbonyl (C=O) groups excluding carboxylic acids is 1. The van der Waals surface area contributed by atoms with Crippen LogP contribution in [0.4, 0.5) is 8.78 Å². The van der Waals surface area contributed by atoms with Crippen molar-refractivity contribution in [3.8, 4) is 22.8 Å². The Bertz CT molecular complexity index is 1310. The Morgan fingerprint density at radius 2 is 1.94 bits per heavy atom. The molecule has 0 radical (unpaired) electrons. The highest BCUT2D eigenvalue weighted by atomic mass is 19.3. The van der Waals surface area contributed by atoms with Gasteiger partial charge in [0, 0.05) is 23.3 Å². The molecule has 0 atom stereocenters. The van der Waals surface area contributed by atoms with Gasteiger partial charge >= 0.3 is 6.61 Å². The summed E-state index contributed by atoms with van der Waals surface area (Å²) in [6, 6.07) is 17.0. The van der Waals surface area contributed by atoms with E-state index in [1.807, 2.05) is 24.3 Å². The number of rotatable bonds is 7. The van der Waals surface area contributed by atoms with Crippen molar-refractivity contribution < 1.29 is 23.0 Å². The van der Waals surface area contributed by atoms with Crippen molar-refractivity contribution in [3.05, 3.63) is 84.2 Å². The second-order valence-corrected chi connectivity index (χ2v) is 6.80. The van der Waals surface area contributed by atoms with Gasteiger partial charge in [-0.2, -0.15) is 13.9 Å². The van der Waals surface area contributed by atoms with Crippen LogP contribution in [-0.2, 0) is 0 Å². The van der Waals surface area contributed by atoms with Crippen LogP contribution in [0, 0.1) is 0 Å². The Balaban J connectivity index is 1.59. The molecule has 33 heavy (non-hydrogen) atoms. The number of alkyl halides is 2. The molecule has 4 aromatic rings. The average molecular weight is 448 g/mol. The third kappa shape index (κ3) is 5.09. The SMILES string of the molecule is COc1cc(C=NNC(=O)c2cc(-c3cccnc3)nc3ccccc23)ccc1OC(F)F. The molecule has 9 heteroatoms. The first-order chi connectivity index (χ1) is 16.0. The van der Waals surface area contributed by atoms with Crippen LogP contribution >= 0.6 is 0 Å². The molecule has 0 fully saturated rings. The molecule has 0 spiro atoms. The zero-order valence-corrected chi connectivity index (χ0v) is 17.4. The smallest absolute Gasteiger partial charge is 0.387 e. The highest BCUT2D eigenvalue weighted by molar-refractivity contribution is 6.07. The van der Waals surface area contributed by atoms with Crippen LogP contribution in [0.5, 0.6) is 11.5 Å². The van der Waals surface area contributed by atoms with E-state index in [9.17, 15) is 13.6 Å². The minimum absolute atomic E-state index is 0.0973. The van der Waals surface area contributed by atoms with Crippen LogP contribution in [0.15, 0.2) is 78.2 Å². The Morgan fingerprint density at radius 1 is 1.09 bits per heavy atom. The molecule has 1 amide bonds. The van der Waals surface area contributed by atoms with Crippen LogP contribution in [0.3, 0.4) is 0 Å². The number of amides is 1. The fraction of sp³-hybridized carbons (Fsp3) is 0.0833. The summed E-state index contributed by atoms with van der Waals surface area (Å²) in [4.78, 5) is 21.7. The third-order valence-corrected chi connectivity index (χ3v) is 4.70. The van der Waals surface area contributed by atoms with Crippen molar-refractivity contribution in [2.45, 2.75) is 6.61 Å². The summed E-state index contributed by atoms with van der Waals surface area (Å²) in [5.74, 6) is -0.411. The van der Waals surface area contributed by atoms with Gasteiger partial charge in [0.15, 0.2) is 11.5 Å². The first-order valence-corrected chi connectivity index (χ1v) is 9.81. The minimum Gasteiger partial charge on any atom is -0.493 e. The third-order valence-electron chi connectivity index (χ3n) is 4.70. The minimum atomic E-state index is -2.97. The number of benzene rings is 2. The number of nitrogens with zero attached hydrogens (tertiary/aromatic N) is 3. The van der Waals surface area contributed by atoms with Gasteiger partial charge in [0.1, 0.15) is 0 Å². The lowest BCUT2D eigenvalue weighted by Crippen LogP contribution is -2.18. The van der Waals surface area contributed by atoms with Crippen molar-refractivity contribution in [3.63, 3.8) is 0 Å². The van der Waals surface area contributed by atoms with Gasteiger partial charge in [0.05, 0.1) is 30.1 Å². The number of hydrogen-bond acceptors (Lipinski definition) is 6. The molecule has 0 aliphatic carbocycles. The quantitative estimate of drug-likeness (QED) is 0.328. The largest absolute Gasteiger partial charge is 0.493 e. The molecule has 0 aliphatic rings. The fourth-order valence-electron chi connectivity index (χ4n) is 3.21. The maximum Gasteiger partial charge on any atom is 0.387 e. The topological polar surface area (TPSA) is 85.7 Å². The monoisotopic (exact) mass is 448 g/mol. The van der Waals surface area contributed by atoms with Crippen molar-refractivity contribution in [1.82, 2.24) is 15.4 Å². The van der Waals surface area contributed by atoms with Crippen LogP contribution in [0.25, 0.3) is 22.2 Å². The van der Waals surface area contributed by atoms with Crippen LogP contribution in [0.1, 0.15) is 15.9 Å². The van der Waals surface area contributed by atoms with E-state index in [1.54, 1.807) is 30.6 Å². The van der Waals surface area contributed by atoms with E-state index >= 15 is 0 Å². The van der Waals surface area contributed by atoms with E-state index in [2.05, 4.69) is 25.2 Å². The van der Waals surface area contributed by atoms with Crippen molar-refractivity contribution >= 4 is 23.0 Å². The molecule has 2 heterocycles. The number of aromatic nitrogens is 2. The highest BCUT2D eigenvalue weighted by Crippen LogP contribution is 2.29. The first kappa shape index (κ1) is 21.8. The van der Waals surface area contributed by atoms with Gasteiger partial charge in [0.2, 0.25) is 0 Å². The van der Waals surface area contributed by atoms with Crippen LogP contribution in [0.2, 0.25) is 0 Å². The number of methoxy groups -OCH3 is 1. The molecular formula is C24H18F2N4O3. The van der Waals surface area contributed by atoms with Gasteiger partial charge < -0.3 is 9.47 Å². The number of nitrogens with one attached hydrogen (secondary N) is 1. The van der Waals surface area contributed by atoms with E-state index < -0.39 is 12.5 Å². The maximum absolute atomic E-state index is 12.9. The normalized spacial score (nSPS) is 11.2. The molecule has 166 valence electrons. The molecule has 2 aromatic heterocycles. The second kappa shape index (κ2) is 9.82. The summed E-state index contributed by atoms with van der Waals surface area (Å²) in [6.07, 6.45) is 4.71. The van der Waals surface area contributed by atoms with E-state index in [0.29, 0.717) is 27.7 Å². The first-order valence-electron chi connectivity index (χ1n) is 9.81. The van der Waals surface area contributed by atoms with E-state index in [4.69, 9.17) is 4.74 Å². The zero-order valence-electron chi connectivity index (χ0n) is 17.4. The van der Waals surface area contributed by atoms with Gasteiger partial charge in [-0.1, -0.05) is 18.2 Å². The summed E-state index contributed by atoms with van der Waals surface area (Å²) in [7, 11) is 1.34. The molecule has 0 unspecified atom stereocenters. The van der Waals surface area contributed by atoms with E-state index in [1.165, 1.54) is 31.5 Å². The maximum atomic E-state index is 12.9. The number of halogens is 2. The molecule has 1 N–H and O–H groups in total. The van der Waals surface area contributed by atoms with Gasteiger partial charge in [0.25, 0.3) is 5.91 Å². The van der Waals surface area contributed by atoms with E-state index in [0.717, 1.165) is 5.56 Å². The number of hydrogen-bond donors (Lipinski definition) is 1. The number of carbonyl (C=O) groups is 1. The lowest BCUT2D eigenvalue weighted by molar-refractivity contribution is -0.0512. The summed E-state index contributed by atoms with van der Waals surface area (Å²) in [5, 5.41) is 4.67. The average Bonchev–Trinajstić information content (AvgIpc) is 2.84. The highest BCUT2D eigenvalue weighted by Gasteiger charge is 2.14. The van der Waals surface area contributed by atoms with Crippen molar-refractivity contribution in [2.24, 2.45) is 5.10 Å². The van der Waals surface area contributed by atoms with Crippen LogP contribution < -0.4 is 14.9 Å². The fourth-order valence-corrected chi connectivity index (χ4v) is 3.21. The molecule has 2 aromatic carbocycles. The Kier molecular flexibility index (Phi) is 6.49. The predicted octanol–water partition coefficient (Wildman–Crippen LogP) is 4.67. The molecular weight excluding hydrogens is 430 g/mol. The molecule has 4 rings (SSSR count). The number of fused-ring (bicyclic) bond motifs is 1. The van der Waals surface area contributed by atoms with Crippen LogP contribution in [-0.4, -0.2) is 35.8 Å². The number of para-hydroxylation sites is 1. The van der Waals surface area contributed by atoms with Gasteiger partial charge in [-0.15, -0.1) is 0 Å². The lowest BCUT2D eigenvalue weighted by Gasteiger charge is -2.10. The molecule has 0 saturated heterocycles. The Hall–Kier alpha value is -4.40. The zero-order chi connectivity index (χ0) is 23.2. The number of ether oxygens (including phenoxy) is 2.